The van der Waals surface area contributed by atoms with E-state index in [0.717, 1.165) is 18.6 Å². The van der Waals surface area contributed by atoms with Crippen LogP contribution in [-0.2, 0) is 16.2 Å². The predicted octanol–water partition coefficient (Wildman–Crippen LogP) is 4.98. The van der Waals surface area contributed by atoms with Crippen molar-refractivity contribution >= 4 is 33.3 Å². The fourth-order valence-corrected chi connectivity index (χ4v) is 5.17. The van der Waals surface area contributed by atoms with Crippen LogP contribution in [-0.4, -0.2) is 36.4 Å². The number of carbonyl (C=O) groups is 1. The standard InChI is InChI=1S/C25H26F3N5O3S/c1-16-13-15-33(24(16,2)3)22-17(8-7-14-29-22)23(34)32-37(35,36)21-12-6-11-20(31-21)30-19-10-5-4-9-18(19)25(26,27)28/h4-12,14,16H,13,15H2,1-3H3,(H,30,31)(H,32,34). The van der Waals surface area contributed by atoms with Gasteiger partial charge in [-0.15, -0.1) is 0 Å². The van der Waals surface area contributed by atoms with Crippen molar-refractivity contribution in [2.45, 2.75) is 43.9 Å². The number of alkyl halides is 3. The Morgan fingerprint density at radius 1 is 1.08 bits per heavy atom. The molecule has 1 unspecified atom stereocenters. The summed E-state index contributed by atoms with van der Waals surface area (Å²) in [7, 11) is -4.46. The number of nitrogens with one attached hydrogen (secondary N) is 2. The van der Waals surface area contributed by atoms with Crippen molar-refractivity contribution in [2.75, 3.05) is 16.8 Å². The smallest absolute Gasteiger partial charge is 0.351 e. The summed E-state index contributed by atoms with van der Waals surface area (Å²) in [6, 6.07) is 11.6. The van der Waals surface area contributed by atoms with Crippen LogP contribution in [0.15, 0.2) is 65.8 Å². The summed E-state index contributed by atoms with van der Waals surface area (Å²) in [5.41, 5.74) is -1.43. The van der Waals surface area contributed by atoms with Gasteiger partial charge in [-0.25, -0.2) is 14.7 Å². The molecule has 1 fully saturated rings. The number of benzene rings is 1. The zero-order chi connectivity index (χ0) is 27.0. The second-order valence-electron chi connectivity index (χ2n) is 9.33. The van der Waals surface area contributed by atoms with Gasteiger partial charge in [0.1, 0.15) is 11.6 Å². The van der Waals surface area contributed by atoms with Gasteiger partial charge in [0.15, 0.2) is 5.03 Å². The zero-order valence-electron chi connectivity index (χ0n) is 20.4. The lowest BCUT2D eigenvalue weighted by Gasteiger charge is -2.36. The van der Waals surface area contributed by atoms with Gasteiger partial charge in [-0.05, 0) is 62.6 Å². The van der Waals surface area contributed by atoms with Gasteiger partial charge in [0.25, 0.3) is 15.9 Å². The molecule has 0 bridgehead atoms. The fourth-order valence-electron chi connectivity index (χ4n) is 4.24. The minimum absolute atomic E-state index is 0.0848. The lowest BCUT2D eigenvalue weighted by atomic mass is 9.90. The minimum atomic E-state index is -4.62. The molecule has 1 atom stereocenters. The van der Waals surface area contributed by atoms with Crippen LogP contribution < -0.4 is 14.9 Å². The average molecular weight is 534 g/mol. The molecule has 8 nitrogen and oxygen atoms in total. The molecule has 3 heterocycles. The van der Waals surface area contributed by atoms with E-state index in [9.17, 15) is 26.4 Å². The van der Waals surface area contributed by atoms with Crippen molar-refractivity contribution in [1.29, 1.82) is 0 Å². The van der Waals surface area contributed by atoms with E-state index in [0.29, 0.717) is 18.3 Å². The molecule has 1 aromatic carbocycles. The third kappa shape index (κ3) is 5.38. The summed E-state index contributed by atoms with van der Waals surface area (Å²) in [6.07, 6.45) is -2.19. The Hall–Kier alpha value is -3.67. The molecule has 2 N–H and O–H groups in total. The molecule has 3 aromatic rings. The highest BCUT2D eigenvalue weighted by Crippen LogP contribution is 2.38. The van der Waals surface area contributed by atoms with Gasteiger partial charge >= 0.3 is 6.18 Å². The van der Waals surface area contributed by atoms with Crippen molar-refractivity contribution in [1.82, 2.24) is 14.7 Å². The van der Waals surface area contributed by atoms with Crippen LogP contribution >= 0.6 is 0 Å². The summed E-state index contributed by atoms with van der Waals surface area (Å²) in [4.78, 5) is 23.4. The number of carbonyl (C=O) groups excluding carboxylic acids is 1. The highest BCUT2D eigenvalue weighted by molar-refractivity contribution is 7.90. The van der Waals surface area contributed by atoms with Crippen molar-refractivity contribution in [3.8, 4) is 0 Å². The molecule has 1 aliphatic rings. The molecule has 0 radical (unpaired) electrons. The van der Waals surface area contributed by atoms with Gasteiger partial charge in [-0.1, -0.05) is 25.1 Å². The van der Waals surface area contributed by atoms with Crippen molar-refractivity contribution in [2.24, 2.45) is 5.92 Å². The molecule has 1 saturated heterocycles. The van der Waals surface area contributed by atoms with E-state index >= 15 is 0 Å². The number of hydrogen-bond donors (Lipinski definition) is 2. The van der Waals surface area contributed by atoms with E-state index < -0.39 is 32.7 Å². The van der Waals surface area contributed by atoms with Crippen LogP contribution in [0.3, 0.4) is 0 Å². The zero-order valence-corrected chi connectivity index (χ0v) is 21.2. The molecule has 1 aliphatic heterocycles. The van der Waals surface area contributed by atoms with E-state index in [4.69, 9.17) is 0 Å². The van der Waals surface area contributed by atoms with Crippen LogP contribution in [0.2, 0.25) is 0 Å². The lowest BCUT2D eigenvalue weighted by molar-refractivity contribution is -0.136. The Labute approximate surface area is 213 Å². The molecule has 12 heteroatoms. The number of sulfonamides is 1. The Morgan fingerprint density at radius 3 is 2.49 bits per heavy atom. The lowest BCUT2D eigenvalue weighted by Crippen LogP contribution is -2.43. The summed E-state index contributed by atoms with van der Waals surface area (Å²) >= 11 is 0. The minimum Gasteiger partial charge on any atom is -0.351 e. The maximum atomic E-state index is 13.3. The van der Waals surface area contributed by atoms with Crippen LogP contribution in [0.1, 0.15) is 43.1 Å². The van der Waals surface area contributed by atoms with Crippen LogP contribution in [0.4, 0.5) is 30.5 Å². The Bertz CT molecular complexity index is 1430. The van der Waals surface area contributed by atoms with E-state index in [-0.39, 0.29) is 22.6 Å². The molecule has 4 rings (SSSR count). The van der Waals surface area contributed by atoms with Gasteiger partial charge in [-0.2, -0.15) is 21.6 Å². The summed E-state index contributed by atoms with van der Waals surface area (Å²) in [6.45, 7) is 6.84. The van der Waals surface area contributed by atoms with E-state index in [1.807, 2.05) is 23.5 Å². The van der Waals surface area contributed by atoms with Gasteiger partial charge in [-0.3, -0.25) is 4.79 Å². The molecular formula is C25H26F3N5O3S. The molecule has 0 aliphatic carbocycles. The third-order valence-corrected chi connectivity index (χ3v) is 7.93. The normalized spacial score (nSPS) is 17.5. The molecule has 196 valence electrons. The van der Waals surface area contributed by atoms with Crippen LogP contribution in [0.5, 0.6) is 0 Å². The third-order valence-electron chi connectivity index (χ3n) is 6.70. The second-order valence-corrected chi connectivity index (χ2v) is 11.0. The number of nitrogens with zero attached hydrogens (tertiary/aromatic N) is 3. The quantitative estimate of drug-likeness (QED) is 0.460. The van der Waals surface area contributed by atoms with E-state index in [1.165, 1.54) is 42.6 Å². The summed E-state index contributed by atoms with van der Waals surface area (Å²) < 4.78 is 68.0. The average Bonchev–Trinajstić information content (AvgIpc) is 3.10. The molecular weight excluding hydrogens is 507 g/mol. The molecule has 0 saturated carbocycles. The summed E-state index contributed by atoms with van der Waals surface area (Å²) in [5.74, 6) is -0.323. The Balaban J connectivity index is 1.59. The molecule has 1 amide bonds. The first-order valence-corrected chi connectivity index (χ1v) is 13.0. The second kappa shape index (κ2) is 9.66. The Kier molecular flexibility index (Phi) is 6.89. The van der Waals surface area contributed by atoms with Crippen molar-refractivity contribution in [3.05, 3.63) is 71.9 Å². The first-order chi connectivity index (χ1) is 17.3. The maximum absolute atomic E-state index is 13.3. The molecule has 2 aromatic heterocycles. The molecule has 37 heavy (non-hydrogen) atoms. The van der Waals surface area contributed by atoms with Gasteiger partial charge in [0, 0.05) is 18.3 Å². The van der Waals surface area contributed by atoms with E-state index in [1.54, 1.807) is 6.07 Å². The first kappa shape index (κ1) is 26.4. The van der Waals surface area contributed by atoms with Gasteiger partial charge in [0.2, 0.25) is 0 Å². The fraction of sp³-hybridized carbons (Fsp3) is 0.320. The largest absolute Gasteiger partial charge is 0.418 e. The number of rotatable bonds is 6. The predicted molar refractivity (Wildman–Crippen MR) is 133 cm³/mol. The number of aromatic nitrogens is 2. The highest BCUT2D eigenvalue weighted by Gasteiger charge is 2.40. The number of anilines is 3. The van der Waals surface area contributed by atoms with Crippen molar-refractivity contribution in [3.63, 3.8) is 0 Å². The van der Waals surface area contributed by atoms with Gasteiger partial charge < -0.3 is 10.2 Å². The Morgan fingerprint density at radius 2 is 1.81 bits per heavy atom. The number of pyridine rings is 2. The highest BCUT2D eigenvalue weighted by atomic mass is 32.2. The molecule has 0 spiro atoms. The number of amides is 1. The van der Waals surface area contributed by atoms with Crippen molar-refractivity contribution < 1.29 is 26.4 Å². The number of halogens is 3. The summed E-state index contributed by atoms with van der Waals surface area (Å²) in [5, 5.41) is 1.98. The topological polar surface area (TPSA) is 104 Å². The van der Waals surface area contributed by atoms with Crippen LogP contribution in [0, 0.1) is 5.92 Å². The van der Waals surface area contributed by atoms with E-state index in [2.05, 4.69) is 22.2 Å². The van der Waals surface area contributed by atoms with Crippen LogP contribution in [0.25, 0.3) is 0 Å². The SMILES string of the molecule is CC1CCN(c2ncccc2C(=O)NS(=O)(=O)c2cccc(Nc3ccccc3C(F)(F)F)n2)C1(C)C. The number of hydrogen-bond acceptors (Lipinski definition) is 7. The first-order valence-electron chi connectivity index (χ1n) is 11.5. The maximum Gasteiger partial charge on any atom is 0.418 e. The van der Waals surface area contributed by atoms with Gasteiger partial charge in [0.05, 0.1) is 16.8 Å². The number of para-hydroxylation sites is 1. The monoisotopic (exact) mass is 533 g/mol.